The van der Waals surface area contributed by atoms with Crippen LogP contribution in [0.15, 0.2) is 24.3 Å². The molecule has 1 aromatic rings. The van der Waals surface area contributed by atoms with Gasteiger partial charge in [-0.25, -0.2) is 4.39 Å². The van der Waals surface area contributed by atoms with E-state index in [4.69, 9.17) is 0 Å². The lowest BCUT2D eigenvalue weighted by molar-refractivity contribution is -0.122. The molecule has 20 heavy (non-hydrogen) atoms. The van der Waals surface area contributed by atoms with Crippen molar-refractivity contribution in [2.75, 3.05) is 33.7 Å². The fourth-order valence-electron chi connectivity index (χ4n) is 1.97. The molecule has 5 heteroatoms. The maximum absolute atomic E-state index is 12.8. The van der Waals surface area contributed by atoms with Gasteiger partial charge in [-0.05, 0) is 58.2 Å². The molecule has 0 bridgehead atoms. The van der Waals surface area contributed by atoms with Crippen molar-refractivity contribution >= 4 is 5.91 Å². The average Bonchev–Trinajstić information content (AvgIpc) is 2.39. The number of hydrogen-bond donors (Lipinski definition) is 2. The summed E-state index contributed by atoms with van der Waals surface area (Å²) >= 11 is 0. The van der Waals surface area contributed by atoms with Gasteiger partial charge in [0.1, 0.15) is 5.82 Å². The molecule has 0 aromatic heterocycles. The summed E-state index contributed by atoms with van der Waals surface area (Å²) in [6.45, 7) is 4.08. The number of nitrogens with one attached hydrogen (secondary N) is 2. The highest BCUT2D eigenvalue weighted by Gasteiger charge is 2.11. The first-order valence-electron chi connectivity index (χ1n) is 6.91. The molecule has 0 fully saturated rings. The van der Waals surface area contributed by atoms with Crippen LogP contribution in [-0.4, -0.2) is 44.5 Å². The lowest BCUT2D eigenvalue weighted by atomic mass is 10.1. The zero-order chi connectivity index (χ0) is 15.0. The lowest BCUT2D eigenvalue weighted by Crippen LogP contribution is -2.37. The van der Waals surface area contributed by atoms with Crippen LogP contribution in [0, 0.1) is 5.82 Å². The van der Waals surface area contributed by atoms with Crippen molar-refractivity contribution in [3.05, 3.63) is 35.6 Å². The van der Waals surface area contributed by atoms with E-state index >= 15 is 0 Å². The number of halogens is 1. The molecule has 1 atom stereocenters. The van der Waals surface area contributed by atoms with Crippen molar-refractivity contribution < 1.29 is 9.18 Å². The maximum atomic E-state index is 12.8. The Balaban J connectivity index is 2.35. The number of amides is 1. The number of hydrogen-bond acceptors (Lipinski definition) is 3. The monoisotopic (exact) mass is 281 g/mol. The standard InChI is InChI=1S/C15H24FN3O/c1-12(13-5-7-14(16)8-6-13)18-15(20)11-19(3)10-4-9-17-2/h5-8,12,17H,4,9-11H2,1-3H3,(H,18,20). The van der Waals surface area contributed by atoms with Gasteiger partial charge < -0.3 is 10.6 Å². The molecule has 0 aliphatic heterocycles. The first-order chi connectivity index (χ1) is 9.52. The molecule has 0 aliphatic carbocycles. The largest absolute Gasteiger partial charge is 0.348 e. The average molecular weight is 281 g/mol. The molecule has 0 radical (unpaired) electrons. The van der Waals surface area contributed by atoms with E-state index in [1.807, 2.05) is 25.9 Å². The van der Waals surface area contributed by atoms with E-state index in [0.717, 1.165) is 25.1 Å². The van der Waals surface area contributed by atoms with Crippen LogP contribution in [0.2, 0.25) is 0 Å². The second-order valence-electron chi connectivity index (χ2n) is 5.04. The van der Waals surface area contributed by atoms with Crippen molar-refractivity contribution in [1.29, 1.82) is 0 Å². The smallest absolute Gasteiger partial charge is 0.234 e. The van der Waals surface area contributed by atoms with Gasteiger partial charge in [-0.15, -0.1) is 0 Å². The minimum atomic E-state index is -0.267. The van der Waals surface area contributed by atoms with Crippen LogP contribution in [0.4, 0.5) is 4.39 Å². The quantitative estimate of drug-likeness (QED) is 0.711. The number of nitrogens with zero attached hydrogens (tertiary/aromatic N) is 1. The van der Waals surface area contributed by atoms with E-state index < -0.39 is 0 Å². The molecule has 0 spiro atoms. The van der Waals surface area contributed by atoms with Gasteiger partial charge in [0.2, 0.25) is 5.91 Å². The summed E-state index contributed by atoms with van der Waals surface area (Å²) in [4.78, 5) is 13.9. The zero-order valence-electron chi connectivity index (χ0n) is 12.4. The SMILES string of the molecule is CNCCCN(C)CC(=O)NC(C)c1ccc(F)cc1. The summed E-state index contributed by atoms with van der Waals surface area (Å²) in [5.41, 5.74) is 0.901. The van der Waals surface area contributed by atoms with Crippen LogP contribution < -0.4 is 10.6 Å². The molecular formula is C15H24FN3O. The molecule has 2 N–H and O–H groups in total. The fraction of sp³-hybridized carbons (Fsp3) is 0.533. The second kappa shape index (κ2) is 8.66. The first-order valence-corrected chi connectivity index (χ1v) is 6.91. The number of likely N-dealkylation sites (N-methyl/N-ethyl adjacent to an activating group) is 1. The molecule has 0 saturated heterocycles. The van der Waals surface area contributed by atoms with E-state index in [1.165, 1.54) is 12.1 Å². The molecule has 0 heterocycles. The van der Waals surface area contributed by atoms with E-state index in [1.54, 1.807) is 12.1 Å². The summed E-state index contributed by atoms with van der Waals surface area (Å²) in [7, 11) is 3.84. The molecule has 0 saturated carbocycles. The third-order valence-corrected chi connectivity index (χ3v) is 3.13. The van der Waals surface area contributed by atoms with Crippen molar-refractivity contribution in [2.45, 2.75) is 19.4 Å². The Morgan fingerprint density at radius 2 is 2.00 bits per heavy atom. The van der Waals surface area contributed by atoms with Gasteiger partial charge in [0.15, 0.2) is 0 Å². The number of carbonyl (C=O) groups is 1. The van der Waals surface area contributed by atoms with E-state index in [-0.39, 0.29) is 17.8 Å². The van der Waals surface area contributed by atoms with Crippen LogP contribution in [0.5, 0.6) is 0 Å². The molecule has 1 aromatic carbocycles. The summed E-state index contributed by atoms with van der Waals surface area (Å²) in [6.07, 6.45) is 1.01. The second-order valence-corrected chi connectivity index (χ2v) is 5.04. The first kappa shape index (κ1) is 16.6. The highest BCUT2D eigenvalue weighted by Crippen LogP contribution is 2.12. The minimum Gasteiger partial charge on any atom is -0.348 e. The predicted octanol–water partition coefficient (Wildman–Crippen LogP) is 1.54. The van der Waals surface area contributed by atoms with Gasteiger partial charge in [-0.2, -0.15) is 0 Å². The highest BCUT2D eigenvalue weighted by molar-refractivity contribution is 5.78. The maximum Gasteiger partial charge on any atom is 0.234 e. The van der Waals surface area contributed by atoms with Crippen LogP contribution in [0.1, 0.15) is 24.9 Å². The Bertz CT molecular complexity index is 408. The Labute approximate surface area is 120 Å². The Morgan fingerprint density at radius 3 is 2.60 bits per heavy atom. The summed E-state index contributed by atoms with van der Waals surface area (Å²) in [5, 5.41) is 6.00. The summed E-state index contributed by atoms with van der Waals surface area (Å²) in [5.74, 6) is -0.287. The van der Waals surface area contributed by atoms with E-state index in [0.29, 0.717) is 6.54 Å². The van der Waals surface area contributed by atoms with Crippen molar-refractivity contribution in [1.82, 2.24) is 15.5 Å². The van der Waals surface area contributed by atoms with Gasteiger partial charge in [-0.1, -0.05) is 12.1 Å². The van der Waals surface area contributed by atoms with Crippen molar-refractivity contribution in [3.63, 3.8) is 0 Å². The van der Waals surface area contributed by atoms with E-state index in [2.05, 4.69) is 10.6 Å². The van der Waals surface area contributed by atoms with Gasteiger partial charge in [0.25, 0.3) is 0 Å². The number of benzene rings is 1. The van der Waals surface area contributed by atoms with Crippen LogP contribution >= 0.6 is 0 Å². The summed E-state index contributed by atoms with van der Waals surface area (Å²) < 4.78 is 12.8. The topological polar surface area (TPSA) is 44.4 Å². The van der Waals surface area contributed by atoms with Gasteiger partial charge in [0.05, 0.1) is 12.6 Å². The van der Waals surface area contributed by atoms with Crippen LogP contribution in [-0.2, 0) is 4.79 Å². The Kier molecular flexibility index (Phi) is 7.18. The highest BCUT2D eigenvalue weighted by atomic mass is 19.1. The van der Waals surface area contributed by atoms with Crippen LogP contribution in [0.25, 0.3) is 0 Å². The molecule has 0 aliphatic rings. The Hall–Kier alpha value is -1.46. The van der Waals surface area contributed by atoms with Gasteiger partial charge >= 0.3 is 0 Å². The predicted molar refractivity (Wildman–Crippen MR) is 79.0 cm³/mol. The molecule has 1 unspecified atom stereocenters. The normalized spacial score (nSPS) is 12.4. The number of rotatable bonds is 8. The fourth-order valence-corrected chi connectivity index (χ4v) is 1.97. The molecule has 112 valence electrons. The Morgan fingerprint density at radius 1 is 1.35 bits per heavy atom. The molecule has 1 amide bonds. The van der Waals surface area contributed by atoms with Gasteiger partial charge in [-0.3, -0.25) is 9.69 Å². The third kappa shape index (κ3) is 6.12. The molecule has 1 rings (SSSR count). The minimum absolute atomic E-state index is 0.0196. The van der Waals surface area contributed by atoms with E-state index in [9.17, 15) is 9.18 Å². The third-order valence-electron chi connectivity index (χ3n) is 3.13. The van der Waals surface area contributed by atoms with Gasteiger partial charge in [0, 0.05) is 0 Å². The van der Waals surface area contributed by atoms with Crippen molar-refractivity contribution in [2.24, 2.45) is 0 Å². The molecular weight excluding hydrogens is 257 g/mol. The zero-order valence-corrected chi connectivity index (χ0v) is 12.4. The number of carbonyl (C=O) groups excluding carboxylic acids is 1. The lowest BCUT2D eigenvalue weighted by Gasteiger charge is -2.19. The van der Waals surface area contributed by atoms with Crippen LogP contribution in [0.3, 0.4) is 0 Å². The summed E-state index contributed by atoms with van der Waals surface area (Å²) in [6, 6.07) is 6.08. The molecule has 4 nitrogen and oxygen atoms in total. The van der Waals surface area contributed by atoms with Crippen molar-refractivity contribution in [3.8, 4) is 0 Å².